The van der Waals surface area contributed by atoms with E-state index in [4.69, 9.17) is 23.7 Å². The monoisotopic (exact) mass is 552 g/mol. The van der Waals surface area contributed by atoms with E-state index >= 15 is 0 Å². The third-order valence-corrected chi connectivity index (χ3v) is 7.62. The first-order chi connectivity index (χ1) is 19.5. The van der Waals surface area contributed by atoms with Crippen molar-refractivity contribution in [3.05, 3.63) is 83.9 Å². The number of carbonyl (C=O) groups is 2. The summed E-state index contributed by atoms with van der Waals surface area (Å²) in [4.78, 5) is 27.3. The van der Waals surface area contributed by atoms with Crippen molar-refractivity contribution < 1.29 is 33.3 Å². The number of fused-ring (bicyclic) bond motifs is 1. The summed E-state index contributed by atoms with van der Waals surface area (Å²) in [5.41, 5.74) is 2.19. The van der Waals surface area contributed by atoms with E-state index in [1.54, 1.807) is 6.08 Å². The number of hydrogen-bond acceptors (Lipinski definition) is 7. The molecule has 0 aliphatic carbocycles. The number of urea groups is 1. The van der Waals surface area contributed by atoms with Crippen LogP contribution in [0.15, 0.2) is 72.8 Å². The highest BCUT2D eigenvalue weighted by Gasteiger charge is 2.48. The first kappa shape index (κ1) is 29.7. The number of amides is 2. The van der Waals surface area contributed by atoms with Crippen molar-refractivity contribution in [2.24, 2.45) is 5.92 Å². The van der Waals surface area contributed by atoms with Gasteiger partial charge in [0, 0.05) is 25.1 Å². The molecular formula is C31H40N2O7. The Kier molecular flexibility index (Phi) is 11.1. The Morgan fingerprint density at radius 3 is 2.35 bits per heavy atom. The molecule has 216 valence electrons. The van der Waals surface area contributed by atoms with Gasteiger partial charge in [-0.25, -0.2) is 9.59 Å². The smallest absolute Gasteiger partial charge is 0.330 e. The maximum Gasteiger partial charge on any atom is 0.330 e. The molecule has 2 heterocycles. The Hall–Kier alpha value is -3.24. The molecule has 2 aromatic rings. The Morgan fingerprint density at radius 2 is 1.70 bits per heavy atom. The molecular weight excluding hydrogens is 512 g/mol. The van der Waals surface area contributed by atoms with Gasteiger partial charge in [-0.1, -0.05) is 67.6 Å². The lowest BCUT2D eigenvalue weighted by molar-refractivity contribution is -0.135. The van der Waals surface area contributed by atoms with E-state index in [1.165, 1.54) is 20.3 Å². The quantitative estimate of drug-likeness (QED) is 0.227. The van der Waals surface area contributed by atoms with Gasteiger partial charge in [-0.2, -0.15) is 0 Å². The van der Waals surface area contributed by atoms with Crippen LogP contribution < -0.4 is 5.32 Å². The van der Waals surface area contributed by atoms with Crippen LogP contribution in [0.1, 0.15) is 30.9 Å². The van der Waals surface area contributed by atoms with E-state index in [0.717, 1.165) is 11.1 Å². The minimum atomic E-state index is -0.569. The molecule has 9 heteroatoms. The van der Waals surface area contributed by atoms with Crippen LogP contribution in [0.4, 0.5) is 4.79 Å². The second-order valence-corrected chi connectivity index (χ2v) is 10.3. The van der Waals surface area contributed by atoms with Crippen molar-refractivity contribution in [3.63, 3.8) is 0 Å². The maximum absolute atomic E-state index is 13.6. The number of methoxy groups -OCH3 is 2. The maximum atomic E-state index is 13.6. The van der Waals surface area contributed by atoms with Gasteiger partial charge in [0.1, 0.15) is 6.79 Å². The Morgan fingerprint density at radius 1 is 1.02 bits per heavy atom. The molecule has 2 amide bonds. The predicted molar refractivity (Wildman–Crippen MR) is 149 cm³/mol. The predicted octanol–water partition coefficient (Wildman–Crippen LogP) is 4.07. The molecule has 0 bridgehead atoms. The number of ether oxygens (including phenoxy) is 5. The van der Waals surface area contributed by atoms with Crippen LogP contribution >= 0.6 is 0 Å². The van der Waals surface area contributed by atoms with E-state index in [-0.39, 0.29) is 43.0 Å². The fraction of sp³-hybridized carbons (Fsp3) is 0.484. The zero-order valence-corrected chi connectivity index (χ0v) is 23.4. The highest BCUT2D eigenvalue weighted by atomic mass is 16.7. The molecule has 0 unspecified atom stereocenters. The fourth-order valence-corrected chi connectivity index (χ4v) is 5.49. The zero-order chi connectivity index (χ0) is 28.3. The summed E-state index contributed by atoms with van der Waals surface area (Å²) < 4.78 is 28.3. The molecule has 9 nitrogen and oxygen atoms in total. The summed E-state index contributed by atoms with van der Waals surface area (Å²) in [5.74, 6) is -0.441. The molecule has 2 aromatic carbocycles. The van der Waals surface area contributed by atoms with Crippen LogP contribution in [0, 0.1) is 5.92 Å². The summed E-state index contributed by atoms with van der Waals surface area (Å²) in [6, 6.07) is 19.3. The number of benzene rings is 2. The second-order valence-electron chi connectivity index (χ2n) is 10.3. The molecule has 0 radical (unpaired) electrons. The van der Waals surface area contributed by atoms with E-state index in [0.29, 0.717) is 32.7 Å². The van der Waals surface area contributed by atoms with Crippen molar-refractivity contribution in [3.8, 4) is 0 Å². The van der Waals surface area contributed by atoms with Crippen molar-refractivity contribution in [1.29, 1.82) is 0 Å². The minimum Gasteiger partial charge on any atom is -0.466 e. The molecule has 4 rings (SSSR count). The molecule has 2 saturated heterocycles. The van der Waals surface area contributed by atoms with Gasteiger partial charge >= 0.3 is 12.0 Å². The molecule has 0 saturated carbocycles. The molecule has 6 atom stereocenters. The van der Waals surface area contributed by atoms with Crippen molar-refractivity contribution >= 4 is 12.0 Å². The number of nitrogens with one attached hydrogen (secondary N) is 1. The highest BCUT2D eigenvalue weighted by Crippen LogP contribution is 2.36. The van der Waals surface area contributed by atoms with E-state index in [9.17, 15) is 9.59 Å². The third-order valence-electron chi connectivity index (χ3n) is 7.62. The van der Waals surface area contributed by atoms with Crippen molar-refractivity contribution in [2.45, 2.75) is 63.3 Å². The lowest BCUT2D eigenvalue weighted by Crippen LogP contribution is -2.68. The van der Waals surface area contributed by atoms with Gasteiger partial charge in [0.15, 0.2) is 0 Å². The van der Waals surface area contributed by atoms with Gasteiger partial charge in [0.25, 0.3) is 0 Å². The lowest BCUT2D eigenvalue weighted by Gasteiger charge is -2.52. The molecule has 0 spiro atoms. The van der Waals surface area contributed by atoms with Crippen molar-refractivity contribution in [2.75, 3.05) is 27.6 Å². The van der Waals surface area contributed by atoms with Crippen molar-refractivity contribution in [1.82, 2.24) is 10.2 Å². The van der Waals surface area contributed by atoms with Crippen LogP contribution in [0.2, 0.25) is 0 Å². The average molecular weight is 553 g/mol. The molecule has 2 fully saturated rings. The standard InChI is InChI=1S/C31H40N2O7/c1-22-27(20-38-18-23-10-6-4-7-11-23)33-25(17-29(22)39-19-24-12-8-5-9-13-24)16-26(32-31(33)35)28(40-21-36-2)14-15-30(34)37-3/h4-15,22,25-29H,16-21H2,1-3H3,(H,32,35)/b15-14+/t22-,25+,26-,27-,28-,29+/m1/s1. The van der Waals surface area contributed by atoms with Gasteiger partial charge in [-0.05, 0) is 30.0 Å². The molecule has 40 heavy (non-hydrogen) atoms. The average Bonchev–Trinajstić information content (AvgIpc) is 2.98. The van der Waals surface area contributed by atoms with Crippen LogP contribution in [0.3, 0.4) is 0 Å². The normalized spacial score (nSPS) is 25.3. The third kappa shape index (κ3) is 7.91. The summed E-state index contributed by atoms with van der Waals surface area (Å²) >= 11 is 0. The molecule has 2 aliphatic heterocycles. The van der Waals surface area contributed by atoms with E-state index < -0.39 is 12.1 Å². The van der Waals surface area contributed by atoms with Crippen LogP contribution in [-0.4, -0.2) is 74.9 Å². The van der Waals surface area contributed by atoms with Gasteiger partial charge in [0.05, 0.1) is 51.2 Å². The Labute approximate surface area is 236 Å². The zero-order valence-electron chi connectivity index (χ0n) is 23.4. The van der Waals surface area contributed by atoms with Gasteiger partial charge in [0.2, 0.25) is 0 Å². The fourth-order valence-electron chi connectivity index (χ4n) is 5.49. The summed E-state index contributed by atoms with van der Waals surface area (Å²) in [6.45, 7) is 3.50. The van der Waals surface area contributed by atoms with Gasteiger partial charge < -0.3 is 33.9 Å². The number of hydrogen-bond donors (Lipinski definition) is 1. The largest absolute Gasteiger partial charge is 0.466 e. The van der Waals surface area contributed by atoms with Crippen LogP contribution in [0.5, 0.6) is 0 Å². The molecule has 1 N–H and O–H groups in total. The number of carbonyl (C=O) groups excluding carboxylic acids is 2. The summed E-state index contributed by atoms with van der Waals surface area (Å²) in [5, 5.41) is 3.10. The first-order valence-electron chi connectivity index (χ1n) is 13.7. The van der Waals surface area contributed by atoms with E-state index in [2.05, 4.69) is 24.4 Å². The molecule has 2 aliphatic rings. The summed E-state index contributed by atoms with van der Waals surface area (Å²) in [6.07, 6.45) is 3.58. The highest BCUT2D eigenvalue weighted by molar-refractivity contribution is 5.82. The lowest BCUT2D eigenvalue weighted by atomic mass is 9.80. The van der Waals surface area contributed by atoms with E-state index in [1.807, 2.05) is 53.4 Å². The SMILES string of the molecule is COCO[C@H](/C=C/C(=O)OC)[C@H]1C[C@H]2C[C@H](OCc3ccccc3)[C@H](C)[C@@H](COCc3ccccc3)N2C(=O)N1. The van der Waals surface area contributed by atoms with Gasteiger partial charge in [-0.15, -0.1) is 0 Å². The number of piperidine rings is 1. The molecule has 0 aromatic heterocycles. The minimum absolute atomic E-state index is 0.0206. The Balaban J connectivity index is 1.51. The Bertz CT molecular complexity index is 1100. The number of nitrogens with zero attached hydrogens (tertiary/aromatic N) is 1. The van der Waals surface area contributed by atoms with Gasteiger partial charge in [-0.3, -0.25) is 0 Å². The number of esters is 1. The topological polar surface area (TPSA) is 95.6 Å². The number of rotatable bonds is 13. The summed E-state index contributed by atoms with van der Waals surface area (Å²) in [7, 11) is 2.84. The van der Waals surface area contributed by atoms with Crippen LogP contribution in [-0.2, 0) is 41.7 Å². The second kappa shape index (κ2) is 14.9. The van der Waals surface area contributed by atoms with Crippen LogP contribution in [0.25, 0.3) is 0 Å². The first-order valence-corrected chi connectivity index (χ1v) is 13.7.